The molecule has 1 saturated heterocycles. The minimum Gasteiger partial charge on any atom is -0.472 e. The minimum absolute atomic E-state index is 0.0219. The molecule has 0 radical (unpaired) electrons. The summed E-state index contributed by atoms with van der Waals surface area (Å²) in [5.74, 6) is -0.195. The number of anilines is 1. The summed E-state index contributed by atoms with van der Waals surface area (Å²) in [5, 5.41) is 12.7. The number of rotatable bonds is 10. The molecule has 41 heavy (non-hydrogen) atoms. The SMILES string of the molecule is CN(C(=O)[C@H](CC1CC1)NS(=O)(=O)C1(C)CC1)[C@@H](CC1CC1)C(=O)N1C[C@@]2(C[C@H]1C#N)Oc1cccnc1NC2=O. The third-order valence-corrected chi connectivity index (χ3v) is 11.6. The average Bonchev–Trinajstić information content (AvgIpc) is 3.83. The quantitative estimate of drug-likeness (QED) is 0.419. The van der Waals surface area contributed by atoms with Gasteiger partial charge in [-0.2, -0.15) is 5.26 Å². The highest BCUT2D eigenvalue weighted by atomic mass is 32.2. The summed E-state index contributed by atoms with van der Waals surface area (Å²) in [6.45, 7) is 1.53. The first-order chi connectivity index (χ1) is 19.5. The van der Waals surface area contributed by atoms with E-state index >= 15 is 0 Å². The summed E-state index contributed by atoms with van der Waals surface area (Å²) in [6, 6.07) is 2.69. The molecular formula is C28H36N6O6S. The van der Waals surface area contributed by atoms with Crippen LogP contribution in [0.2, 0.25) is 0 Å². The van der Waals surface area contributed by atoms with E-state index in [9.17, 15) is 28.1 Å². The Morgan fingerprint density at radius 1 is 1.27 bits per heavy atom. The zero-order valence-corrected chi connectivity index (χ0v) is 24.2. The highest BCUT2D eigenvalue weighted by molar-refractivity contribution is 7.91. The topological polar surface area (TPSA) is 162 Å². The number of nitrogens with one attached hydrogen (secondary N) is 2. The number of likely N-dealkylation sites (tertiary alicyclic amines) is 1. The largest absolute Gasteiger partial charge is 0.472 e. The van der Waals surface area contributed by atoms with Crippen molar-refractivity contribution in [2.45, 2.75) is 93.2 Å². The molecule has 1 aromatic rings. The normalized spacial score (nSPS) is 27.7. The maximum absolute atomic E-state index is 14.2. The lowest BCUT2D eigenvalue weighted by atomic mass is 9.97. The van der Waals surface area contributed by atoms with E-state index in [1.165, 1.54) is 16.0 Å². The van der Waals surface area contributed by atoms with Crippen LogP contribution in [0.15, 0.2) is 18.3 Å². The van der Waals surface area contributed by atoms with Crippen molar-refractivity contribution < 1.29 is 27.5 Å². The summed E-state index contributed by atoms with van der Waals surface area (Å²) >= 11 is 0. The van der Waals surface area contributed by atoms with Gasteiger partial charge < -0.3 is 19.9 Å². The van der Waals surface area contributed by atoms with Crippen LogP contribution in [0.3, 0.4) is 0 Å². The lowest BCUT2D eigenvalue weighted by Crippen LogP contribution is -2.57. The van der Waals surface area contributed by atoms with E-state index in [1.54, 1.807) is 26.1 Å². The standard InChI is InChI=1S/C28H36N6O6S/c1-27(9-10-27)41(38,39)32-20(12-17-5-6-17)24(35)33(2)21(13-18-7-8-18)25(36)34-16-28(14-19(34)15-29)26(37)31-23-22(40-28)4-3-11-30-23/h3-4,11,17-21,32H,5-10,12-14,16H2,1-2H3,(H,30,31,37)/t19-,20-,21-,28+/m0/s1. The molecule has 0 aromatic carbocycles. The predicted octanol–water partition coefficient (Wildman–Crippen LogP) is 1.54. The average molecular weight is 585 g/mol. The van der Waals surface area contributed by atoms with E-state index in [1.807, 2.05) is 0 Å². The van der Waals surface area contributed by atoms with Crippen molar-refractivity contribution in [3.8, 4) is 11.8 Å². The van der Waals surface area contributed by atoms with E-state index in [0.717, 1.165) is 25.7 Å². The van der Waals surface area contributed by atoms with Crippen LogP contribution in [0.5, 0.6) is 5.75 Å². The number of pyridine rings is 1. The third kappa shape index (κ3) is 5.28. The number of sulfonamides is 1. The highest BCUT2D eigenvalue weighted by Crippen LogP contribution is 2.44. The number of carbonyl (C=O) groups excluding carboxylic acids is 3. The Morgan fingerprint density at radius 3 is 2.59 bits per heavy atom. The number of fused-ring (bicyclic) bond motifs is 1. The van der Waals surface area contributed by atoms with E-state index in [4.69, 9.17) is 4.74 Å². The first-order valence-electron chi connectivity index (χ1n) is 14.4. The summed E-state index contributed by atoms with van der Waals surface area (Å²) in [6.07, 6.45) is 7.15. The second-order valence-electron chi connectivity index (χ2n) is 12.7. The second-order valence-corrected chi connectivity index (χ2v) is 14.9. The minimum atomic E-state index is -3.72. The van der Waals surface area contributed by atoms with Gasteiger partial charge in [-0.3, -0.25) is 14.4 Å². The molecule has 13 heteroatoms. The van der Waals surface area contributed by atoms with Crippen molar-refractivity contribution in [2.75, 3.05) is 18.9 Å². The molecule has 5 aliphatic rings. The fourth-order valence-electron chi connectivity index (χ4n) is 5.85. The fourth-order valence-corrected chi connectivity index (χ4v) is 7.34. The van der Waals surface area contributed by atoms with Crippen LogP contribution < -0.4 is 14.8 Å². The number of ether oxygens (including phenoxy) is 1. The maximum Gasteiger partial charge on any atom is 0.271 e. The number of hydrogen-bond acceptors (Lipinski definition) is 8. The Labute approximate surface area is 239 Å². The fraction of sp³-hybridized carbons (Fsp3) is 0.679. The Kier molecular flexibility index (Phi) is 6.77. The van der Waals surface area contributed by atoms with Gasteiger partial charge in [0.25, 0.3) is 5.91 Å². The molecule has 2 N–H and O–H groups in total. The lowest BCUT2D eigenvalue weighted by molar-refractivity contribution is -0.147. The van der Waals surface area contributed by atoms with Crippen molar-refractivity contribution in [1.82, 2.24) is 19.5 Å². The Bertz CT molecular complexity index is 1410. The van der Waals surface area contributed by atoms with Crippen LogP contribution in [0.4, 0.5) is 5.82 Å². The number of amides is 3. The molecule has 4 fully saturated rings. The van der Waals surface area contributed by atoms with Crippen molar-refractivity contribution in [3.05, 3.63) is 18.3 Å². The zero-order valence-electron chi connectivity index (χ0n) is 23.3. The van der Waals surface area contributed by atoms with Crippen LogP contribution in [0.25, 0.3) is 0 Å². The van der Waals surface area contributed by atoms with Gasteiger partial charge >= 0.3 is 0 Å². The first-order valence-corrected chi connectivity index (χ1v) is 15.9. The van der Waals surface area contributed by atoms with E-state index in [-0.39, 0.29) is 30.6 Å². The monoisotopic (exact) mass is 584 g/mol. The Hall–Kier alpha value is -3.24. The molecule has 3 amide bonds. The number of nitrogens with zero attached hydrogens (tertiary/aromatic N) is 4. The van der Waals surface area contributed by atoms with E-state index in [0.29, 0.717) is 31.4 Å². The van der Waals surface area contributed by atoms with E-state index < -0.39 is 56.2 Å². The summed E-state index contributed by atoms with van der Waals surface area (Å²) in [5.41, 5.74) is -1.46. The summed E-state index contributed by atoms with van der Waals surface area (Å²) in [7, 11) is -2.18. The molecule has 220 valence electrons. The number of hydrogen-bond donors (Lipinski definition) is 2. The lowest BCUT2D eigenvalue weighted by Gasteiger charge is -2.36. The molecule has 3 heterocycles. The van der Waals surface area contributed by atoms with Gasteiger partial charge in [0.05, 0.1) is 17.4 Å². The molecular weight excluding hydrogens is 548 g/mol. The van der Waals surface area contributed by atoms with Crippen molar-refractivity contribution in [3.63, 3.8) is 0 Å². The number of likely N-dealkylation sites (N-methyl/N-ethyl adjacent to an activating group) is 1. The molecule has 3 saturated carbocycles. The molecule has 1 aromatic heterocycles. The smallest absolute Gasteiger partial charge is 0.271 e. The number of aromatic nitrogens is 1. The van der Waals surface area contributed by atoms with E-state index in [2.05, 4.69) is 21.1 Å². The van der Waals surface area contributed by atoms with Gasteiger partial charge in [0.15, 0.2) is 11.6 Å². The molecule has 0 unspecified atom stereocenters. The van der Waals surface area contributed by atoms with Gasteiger partial charge in [0.1, 0.15) is 18.1 Å². The van der Waals surface area contributed by atoms with Crippen LogP contribution in [0, 0.1) is 23.2 Å². The zero-order chi connectivity index (χ0) is 29.2. The highest BCUT2D eigenvalue weighted by Gasteiger charge is 2.57. The van der Waals surface area contributed by atoms with Gasteiger partial charge in [-0.1, -0.05) is 25.7 Å². The second kappa shape index (κ2) is 9.94. The van der Waals surface area contributed by atoms with Crippen molar-refractivity contribution >= 4 is 33.6 Å². The van der Waals surface area contributed by atoms with Crippen molar-refractivity contribution in [1.29, 1.82) is 5.26 Å². The van der Waals surface area contributed by atoms with Crippen LogP contribution >= 0.6 is 0 Å². The van der Waals surface area contributed by atoms with Gasteiger partial charge in [0, 0.05) is 19.7 Å². The van der Waals surface area contributed by atoms with Gasteiger partial charge in [-0.15, -0.1) is 0 Å². The van der Waals surface area contributed by atoms with Crippen molar-refractivity contribution in [2.24, 2.45) is 11.8 Å². The molecule has 1 spiro atoms. The molecule has 0 bridgehead atoms. The predicted molar refractivity (Wildman–Crippen MR) is 147 cm³/mol. The third-order valence-electron chi connectivity index (χ3n) is 9.30. The Morgan fingerprint density at radius 2 is 1.95 bits per heavy atom. The molecule has 6 rings (SSSR count). The Balaban J connectivity index is 1.24. The van der Waals surface area contributed by atoms with Crippen LogP contribution in [0.1, 0.15) is 64.7 Å². The maximum atomic E-state index is 14.2. The van der Waals surface area contributed by atoms with Crippen LogP contribution in [-0.2, 0) is 24.4 Å². The molecule has 12 nitrogen and oxygen atoms in total. The summed E-state index contributed by atoms with van der Waals surface area (Å²) < 4.78 is 34.1. The molecule has 4 atom stereocenters. The first kappa shape index (κ1) is 27.9. The number of carbonyl (C=O) groups is 3. The van der Waals surface area contributed by atoms with Crippen LogP contribution in [-0.4, -0.2) is 83.0 Å². The summed E-state index contributed by atoms with van der Waals surface area (Å²) in [4.78, 5) is 48.1. The van der Waals surface area contributed by atoms with Gasteiger partial charge in [-0.25, -0.2) is 18.1 Å². The number of nitriles is 1. The molecule has 2 aliphatic heterocycles. The van der Waals surface area contributed by atoms with Gasteiger partial charge in [-0.05, 0) is 56.6 Å². The molecule has 3 aliphatic carbocycles. The van der Waals surface area contributed by atoms with Gasteiger partial charge in [0.2, 0.25) is 27.4 Å².